The van der Waals surface area contributed by atoms with Gasteiger partial charge < -0.3 is 5.01 Å². The van der Waals surface area contributed by atoms with E-state index in [1.807, 2.05) is 0 Å². The van der Waals surface area contributed by atoms with Crippen LogP contribution in [0.25, 0.3) is 6.08 Å². The van der Waals surface area contributed by atoms with Crippen molar-refractivity contribution in [1.82, 2.24) is 4.68 Å². The topological polar surface area (TPSA) is 8.17 Å². The van der Waals surface area contributed by atoms with Gasteiger partial charge in [-0.05, 0) is 18.2 Å². The van der Waals surface area contributed by atoms with E-state index in [9.17, 15) is 0 Å². The Morgan fingerprint density at radius 2 is 2.40 bits per heavy atom. The molecule has 0 radical (unpaired) electrons. The summed E-state index contributed by atoms with van der Waals surface area (Å²) < 4.78 is 2.14. The average Bonchev–Trinajstić information content (AvgIpc) is 2.36. The highest BCUT2D eigenvalue weighted by Crippen LogP contribution is 2.08. The predicted molar refractivity (Wildman–Crippen MR) is 42.5 cm³/mol. The van der Waals surface area contributed by atoms with Crippen molar-refractivity contribution in [2.45, 2.75) is 0 Å². The number of likely N-dealkylation sites (N-methyl/N-ethyl adjacent to an activating group) is 1. The average molecular weight is 134 g/mol. The molecule has 1 aromatic heterocycles. The molecule has 52 valence electrons. The molecular formula is C8H10N2. The Balaban J connectivity index is 2.52. The lowest BCUT2D eigenvalue weighted by Crippen LogP contribution is -2.32. The summed E-state index contributed by atoms with van der Waals surface area (Å²) in [4.78, 5) is 0. The van der Waals surface area contributed by atoms with Gasteiger partial charge in [-0.3, -0.25) is 4.68 Å². The third kappa shape index (κ3) is 0.652. The number of aromatic nitrogens is 1. The van der Waals surface area contributed by atoms with Crippen molar-refractivity contribution in [1.29, 1.82) is 0 Å². The lowest BCUT2D eigenvalue weighted by atomic mass is 10.3. The Hall–Kier alpha value is -1.18. The van der Waals surface area contributed by atoms with Crippen LogP contribution >= 0.6 is 0 Å². The summed E-state index contributed by atoms with van der Waals surface area (Å²) in [5.41, 5.74) is 1.26. The molecule has 0 atom stereocenters. The fourth-order valence-corrected chi connectivity index (χ4v) is 1.24. The molecule has 0 spiro atoms. The molecule has 0 aliphatic carbocycles. The van der Waals surface area contributed by atoms with Crippen LogP contribution in [0.15, 0.2) is 24.4 Å². The Labute approximate surface area is 60.3 Å². The van der Waals surface area contributed by atoms with E-state index in [1.54, 1.807) is 0 Å². The summed E-state index contributed by atoms with van der Waals surface area (Å²) in [5.74, 6) is 0. The van der Waals surface area contributed by atoms with Crippen LogP contribution in [-0.2, 0) is 0 Å². The van der Waals surface area contributed by atoms with Crippen molar-refractivity contribution >= 4 is 6.08 Å². The molecule has 2 nitrogen and oxygen atoms in total. The number of rotatable bonds is 0. The highest BCUT2D eigenvalue weighted by atomic mass is 15.5. The molecule has 2 heterocycles. The summed E-state index contributed by atoms with van der Waals surface area (Å²) in [6, 6.07) is 4.16. The molecule has 1 aliphatic rings. The second kappa shape index (κ2) is 1.90. The molecule has 1 aromatic rings. The minimum absolute atomic E-state index is 1.00. The normalized spacial score (nSPS) is 15.5. The van der Waals surface area contributed by atoms with Crippen LogP contribution in [0.3, 0.4) is 0 Å². The molecule has 0 fully saturated rings. The predicted octanol–water partition coefficient (Wildman–Crippen LogP) is 1.08. The first-order valence-electron chi connectivity index (χ1n) is 3.43. The molecule has 0 saturated carbocycles. The summed E-state index contributed by atoms with van der Waals surface area (Å²) >= 11 is 0. The number of nitrogens with zero attached hydrogens (tertiary/aromatic N) is 2. The largest absolute Gasteiger partial charge is 0.312 e. The highest BCUT2D eigenvalue weighted by Gasteiger charge is 2.04. The highest BCUT2D eigenvalue weighted by molar-refractivity contribution is 5.48. The van der Waals surface area contributed by atoms with Gasteiger partial charge in [0.2, 0.25) is 0 Å². The minimum atomic E-state index is 1.00. The molecule has 10 heavy (non-hydrogen) atoms. The van der Waals surface area contributed by atoms with Crippen molar-refractivity contribution in [2.75, 3.05) is 18.6 Å². The third-order valence-electron chi connectivity index (χ3n) is 1.78. The van der Waals surface area contributed by atoms with E-state index in [2.05, 4.69) is 47.2 Å². The Morgan fingerprint density at radius 3 is 3.20 bits per heavy atom. The third-order valence-corrected chi connectivity index (χ3v) is 1.78. The first-order chi connectivity index (χ1) is 4.88. The number of fused-ring (bicyclic) bond motifs is 1. The zero-order valence-corrected chi connectivity index (χ0v) is 5.99. The maximum absolute atomic E-state index is 2.16. The molecule has 2 heteroatoms. The van der Waals surface area contributed by atoms with Gasteiger partial charge in [-0.2, -0.15) is 0 Å². The molecule has 0 saturated heterocycles. The summed E-state index contributed by atoms with van der Waals surface area (Å²) in [6.45, 7) is 1.00. The van der Waals surface area contributed by atoms with Gasteiger partial charge in [0.15, 0.2) is 0 Å². The van der Waals surface area contributed by atoms with E-state index in [0.29, 0.717) is 0 Å². The van der Waals surface area contributed by atoms with Gasteiger partial charge in [0.1, 0.15) is 0 Å². The van der Waals surface area contributed by atoms with Crippen LogP contribution in [-0.4, -0.2) is 18.3 Å². The van der Waals surface area contributed by atoms with Crippen molar-refractivity contribution in [3.8, 4) is 0 Å². The maximum Gasteiger partial charge on any atom is 0.0619 e. The molecule has 0 unspecified atom stereocenters. The minimum Gasteiger partial charge on any atom is -0.312 e. The molecular weight excluding hydrogens is 124 g/mol. The fourth-order valence-electron chi connectivity index (χ4n) is 1.24. The lowest BCUT2D eigenvalue weighted by Gasteiger charge is -2.23. The van der Waals surface area contributed by atoms with E-state index in [0.717, 1.165) is 6.54 Å². The monoisotopic (exact) mass is 134 g/mol. The number of hydrogen-bond acceptors (Lipinski definition) is 1. The Morgan fingerprint density at radius 1 is 1.50 bits per heavy atom. The van der Waals surface area contributed by atoms with E-state index >= 15 is 0 Å². The lowest BCUT2D eigenvalue weighted by molar-refractivity contribution is 0.683. The summed E-state index contributed by atoms with van der Waals surface area (Å²) in [5, 5.41) is 2.16. The maximum atomic E-state index is 2.16. The van der Waals surface area contributed by atoms with Crippen LogP contribution in [0.2, 0.25) is 0 Å². The van der Waals surface area contributed by atoms with Crippen molar-refractivity contribution in [3.05, 3.63) is 30.1 Å². The van der Waals surface area contributed by atoms with Crippen LogP contribution in [0, 0.1) is 0 Å². The van der Waals surface area contributed by atoms with Crippen LogP contribution in [0.1, 0.15) is 5.69 Å². The second-order valence-electron chi connectivity index (χ2n) is 2.52. The molecule has 1 aliphatic heterocycles. The smallest absolute Gasteiger partial charge is 0.0619 e. The standard InChI is InChI=1S/C8H10N2/c1-9-6-2-4-8-5-3-7-10(8)9/h2-5,7H,6H2,1H3. The molecule has 0 amide bonds. The Bertz CT molecular complexity index is 260. The first kappa shape index (κ1) is 5.59. The van der Waals surface area contributed by atoms with Gasteiger partial charge in [-0.15, -0.1) is 0 Å². The van der Waals surface area contributed by atoms with E-state index in [4.69, 9.17) is 0 Å². The van der Waals surface area contributed by atoms with Gasteiger partial charge in [0.05, 0.1) is 12.2 Å². The van der Waals surface area contributed by atoms with Crippen LogP contribution < -0.4 is 5.01 Å². The first-order valence-corrected chi connectivity index (χ1v) is 3.43. The summed E-state index contributed by atoms with van der Waals surface area (Å²) in [7, 11) is 2.08. The molecule has 0 bridgehead atoms. The molecule has 0 N–H and O–H groups in total. The molecule has 2 rings (SSSR count). The van der Waals surface area contributed by atoms with E-state index in [1.165, 1.54) is 5.69 Å². The van der Waals surface area contributed by atoms with Crippen molar-refractivity contribution in [2.24, 2.45) is 0 Å². The van der Waals surface area contributed by atoms with Crippen molar-refractivity contribution < 1.29 is 0 Å². The quantitative estimate of drug-likeness (QED) is 0.515. The second-order valence-corrected chi connectivity index (χ2v) is 2.52. The van der Waals surface area contributed by atoms with Gasteiger partial charge in [0.25, 0.3) is 0 Å². The fraction of sp³-hybridized carbons (Fsp3) is 0.250. The van der Waals surface area contributed by atoms with Gasteiger partial charge in [-0.25, -0.2) is 0 Å². The number of hydrogen-bond donors (Lipinski definition) is 0. The zero-order valence-electron chi connectivity index (χ0n) is 5.99. The van der Waals surface area contributed by atoms with E-state index in [-0.39, 0.29) is 0 Å². The molecule has 0 aromatic carbocycles. The van der Waals surface area contributed by atoms with E-state index < -0.39 is 0 Å². The van der Waals surface area contributed by atoms with Crippen LogP contribution in [0.4, 0.5) is 0 Å². The van der Waals surface area contributed by atoms with Gasteiger partial charge in [-0.1, -0.05) is 6.08 Å². The SMILES string of the molecule is CN1CC=Cc2cccn21. The van der Waals surface area contributed by atoms with Crippen LogP contribution in [0.5, 0.6) is 0 Å². The van der Waals surface area contributed by atoms with Gasteiger partial charge in [0, 0.05) is 13.2 Å². The Kier molecular flexibility index (Phi) is 1.07. The summed E-state index contributed by atoms with van der Waals surface area (Å²) in [6.07, 6.45) is 6.37. The zero-order chi connectivity index (χ0) is 6.97. The van der Waals surface area contributed by atoms with Crippen molar-refractivity contribution in [3.63, 3.8) is 0 Å². The van der Waals surface area contributed by atoms with Gasteiger partial charge >= 0.3 is 0 Å².